The summed E-state index contributed by atoms with van der Waals surface area (Å²) in [5, 5.41) is 18.7. The summed E-state index contributed by atoms with van der Waals surface area (Å²) in [5.41, 5.74) is 3.00. The molecule has 4 rings (SSSR count). The number of esters is 2. The number of aliphatic hydroxyl groups is 1. The Morgan fingerprint density at radius 1 is 0.618 bits per heavy atom. The van der Waals surface area contributed by atoms with Crippen molar-refractivity contribution in [1.29, 1.82) is 0 Å². The maximum absolute atomic E-state index is 12.0. The summed E-state index contributed by atoms with van der Waals surface area (Å²) >= 11 is 0. The summed E-state index contributed by atoms with van der Waals surface area (Å²) in [6, 6.07) is 36.4. The van der Waals surface area contributed by atoms with Gasteiger partial charge in [0.25, 0.3) is 8.32 Å². The van der Waals surface area contributed by atoms with Crippen LogP contribution >= 0.6 is 0 Å². The molecule has 55 heavy (non-hydrogen) atoms. The first-order chi connectivity index (χ1) is 26.5. The molecule has 0 aromatic heterocycles. The first-order valence-electron chi connectivity index (χ1n) is 20.0. The lowest BCUT2D eigenvalue weighted by Gasteiger charge is -2.43. The van der Waals surface area contributed by atoms with Crippen LogP contribution in [0.4, 0.5) is 11.4 Å². The molecule has 8 nitrogen and oxygen atoms in total. The first-order valence-corrected chi connectivity index (χ1v) is 21.9. The van der Waals surface area contributed by atoms with Crippen LogP contribution in [0.3, 0.4) is 0 Å². The van der Waals surface area contributed by atoms with E-state index in [1.807, 2.05) is 43.3 Å². The van der Waals surface area contributed by atoms with Crippen molar-refractivity contribution >= 4 is 42.0 Å². The van der Waals surface area contributed by atoms with Crippen LogP contribution in [0, 0.1) is 0 Å². The van der Waals surface area contributed by atoms with E-state index in [9.17, 15) is 14.7 Å². The highest BCUT2D eigenvalue weighted by molar-refractivity contribution is 6.99. The lowest BCUT2D eigenvalue weighted by molar-refractivity contribution is 0.0517. The van der Waals surface area contributed by atoms with Gasteiger partial charge in [0.05, 0.1) is 37.6 Å². The maximum Gasteiger partial charge on any atom is 0.338 e. The molecule has 0 bridgehead atoms. The smallest absolute Gasteiger partial charge is 0.338 e. The summed E-state index contributed by atoms with van der Waals surface area (Å²) in [6.45, 7) is 16.3. The van der Waals surface area contributed by atoms with Gasteiger partial charge in [-0.2, -0.15) is 0 Å². The van der Waals surface area contributed by atoms with Gasteiger partial charge in [-0.3, -0.25) is 0 Å². The van der Waals surface area contributed by atoms with Crippen molar-refractivity contribution in [3.63, 3.8) is 0 Å². The van der Waals surface area contributed by atoms with Crippen LogP contribution in [0.5, 0.6) is 0 Å². The van der Waals surface area contributed by atoms with E-state index in [1.54, 1.807) is 19.1 Å². The van der Waals surface area contributed by atoms with Gasteiger partial charge in [-0.25, -0.2) is 9.59 Å². The van der Waals surface area contributed by atoms with Gasteiger partial charge in [-0.1, -0.05) is 121 Å². The molecule has 0 saturated heterocycles. The minimum atomic E-state index is -2.60. The van der Waals surface area contributed by atoms with Crippen molar-refractivity contribution < 1.29 is 28.6 Å². The van der Waals surface area contributed by atoms with Gasteiger partial charge in [0.1, 0.15) is 0 Å². The Kier molecular flexibility index (Phi) is 19.2. The second-order valence-electron chi connectivity index (χ2n) is 14.7. The summed E-state index contributed by atoms with van der Waals surface area (Å²) < 4.78 is 17.2. The standard InChI is InChI=1S/C31H41NO3Si.C15H23NO3/c1-6-8-15-27(32-26-22-20-25(21-23-26)30(33)34-7-2)24-35-36(31(3,4)5,28-16-11-9-12-17-28)29-18-13-10-14-19-29;1-3-5-6-14(11-17)16-13-9-7-12(8-10-13)15(18)19-4-2/h9-14,16-23,27,32H,6-8,15,24H2,1-5H3;7-10,14,16-17H,3-6,11H2,1-2H3/t27-;14-/m00/s1. The molecule has 4 aromatic carbocycles. The molecule has 2 atom stereocenters. The normalized spacial score (nSPS) is 12.4. The molecule has 0 radical (unpaired) electrons. The van der Waals surface area contributed by atoms with Gasteiger partial charge in [-0.05, 0) is 90.6 Å². The van der Waals surface area contributed by atoms with E-state index >= 15 is 0 Å². The molecule has 0 fully saturated rings. The number of carbonyl (C=O) groups is 2. The number of nitrogens with one attached hydrogen (secondary N) is 2. The highest BCUT2D eigenvalue weighted by atomic mass is 28.4. The molecule has 0 aliphatic rings. The van der Waals surface area contributed by atoms with Gasteiger partial charge >= 0.3 is 11.9 Å². The second-order valence-corrected chi connectivity index (χ2v) is 19.0. The van der Waals surface area contributed by atoms with Crippen molar-refractivity contribution in [2.24, 2.45) is 0 Å². The molecule has 0 spiro atoms. The molecule has 0 amide bonds. The number of unbranched alkanes of at least 4 members (excludes halogenated alkanes) is 2. The highest BCUT2D eigenvalue weighted by Crippen LogP contribution is 2.37. The number of carbonyl (C=O) groups excluding carboxylic acids is 2. The van der Waals surface area contributed by atoms with E-state index in [4.69, 9.17) is 13.9 Å². The molecule has 3 N–H and O–H groups in total. The van der Waals surface area contributed by atoms with Crippen molar-refractivity contribution in [2.45, 2.75) is 104 Å². The number of aliphatic hydroxyl groups excluding tert-OH is 1. The quantitative estimate of drug-likeness (QED) is 0.0604. The number of hydrogen-bond donors (Lipinski definition) is 3. The van der Waals surface area contributed by atoms with Crippen LogP contribution < -0.4 is 21.0 Å². The average molecular weight is 769 g/mol. The second kappa shape index (κ2) is 23.5. The fourth-order valence-corrected chi connectivity index (χ4v) is 11.2. The minimum Gasteiger partial charge on any atom is -0.462 e. The van der Waals surface area contributed by atoms with Crippen molar-refractivity contribution in [2.75, 3.05) is 37.1 Å². The van der Waals surface area contributed by atoms with Crippen LogP contribution in [-0.2, 0) is 13.9 Å². The molecule has 9 heteroatoms. The monoisotopic (exact) mass is 768 g/mol. The molecule has 0 aliphatic carbocycles. The zero-order chi connectivity index (χ0) is 40.1. The van der Waals surface area contributed by atoms with E-state index in [-0.39, 0.29) is 35.7 Å². The Labute approximate surface area is 331 Å². The third kappa shape index (κ3) is 13.7. The van der Waals surface area contributed by atoms with Gasteiger partial charge in [-0.15, -0.1) is 0 Å². The van der Waals surface area contributed by atoms with E-state index in [0.29, 0.717) is 30.9 Å². The molecule has 298 valence electrons. The number of rotatable bonds is 20. The Hall–Kier alpha value is -4.44. The molecular weight excluding hydrogens is 705 g/mol. The molecule has 0 saturated carbocycles. The van der Waals surface area contributed by atoms with Gasteiger partial charge in [0.15, 0.2) is 0 Å². The van der Waals surface area contributed by atoms with Crippen LogP contribution in [0.15, 0.2) is 109 Å². The summed E-state index contributed by atoms with van der Waals surface area (Å²) in [7, 11) is -2.60. The molecule has 0 heterocycles. The Morgan fingerprint density at radius 2 is 1.02 bits per heavy atom. The van der Waals surface area contributed by atoms with E-state index in [2.05, 4.69) is 106 Å². The van der Waals surface area contributed by atoms with Crippen LogP contribution in [0.25, 0.3) is 0 Å². The van der Waals surface area contributed by atoms with Crippen LogP contribution in [0.2, 0.25) is 5.04 Å². The number of hydrogen-bond acceptors (Lipinski definition) is 8. The van der Waals surface area contributed by atoms with E-state index in [0.717, 1.165) is 49.9 Å². The predicted octanol–water partition coefficient (Wildman–Crippen LogP) is 9.24. The topological polar surface area (TPSA) is 106 Å². The lowest BCUT2D eigenvalue weighted by Crippen LogP contribution is -2.67. The molecule has 0 unspecified atom stereocenters. The molecule has 4 aromatic rings. The molecule has 0 aliphatic heterocycles. The molecular formula is C46H64N2O6Si. The van der Waals surface area contributed by atoms with Crippen molar-refractivity contribution in [3.05, 3.63) is 120 Å². The zero-order valence-electron chi connectivity index (χ0n) is 34.1. The number of benzene rings is 4. The zero-order valence-corrected chi connectivity index (χ0v) is 35.1. The first kappa shape index (κ1) is 44.9. The predicted molar refractivity (Wildman–Crippen MR) is 229 cm³/mol. The highest BCUT2D eigenvalue weighted by Gasteiger charge is 2.50. The Morgan fingerprint density at radius 3 is 1.38 bits per heavy atom. The SMILES string of the molecule is CCCC[C@@H](CO)Nc1ccc(C(=O)OCC)cc1.CCCC[C@@H](CO[Si](c1ccccc1)(c1ccccc1)C(C)(C)C)Nc1ccc(C(=O)OCC)cc1. The summed E-state index contributed by atoms with van der Waals surface area (Å²) in [5.74, 6) is -0.597. The van der Waals surface area contributed by atoms with Crippen molar-refractivity contribution in [1.82, 2.24) is 0 Å². The summed E-state index contributed by atoms with van der Waals surface area (Å²) in [6.07, 6.45) is 6.38. The van der Waals surface area contributed by atoms with Gasteiger partial charge in [0, 0.05) is 23.5 Å². The van der Waals surface area contributed by atoms with Crippen LogP contribution in [-0.4, -0.2) is 63.9 Å². The van der Waals surface area contributed by atoms with Crippen molar-refractivity contribution in [3.8, 4) is 0 Å². The third-order valence-electron chi connectivity index (χ3n) is 9.48. The lowest BCUT2D eigenvalue weighted by atomic mass is 10.1. The number of ether oxygens (including phenoxy) is 2. The largest absolute Gasteiger partial charge is 0.462 e. The number of anilines is 2. The minimum absolute atomic E-state index is 0.0632. The fraction of sp³-hybridized carbons (Fsp3) is 0.435. The van der Waals surface area contributed by atoms with E-state index < -0.39 is 8.32 Å². The fourth-order valence-electron chi connectivity index (χ4n) is 6.60. The third-order valence-corrected chi connectivity index (χ3v) is 14.5. The van der Waals surface area contributed by atoms with E-state index in [1.165, 1.54) is 10.4 Å². The average Bonchev–Trinajstić information content (AvgIpc) is 3.20. The summed E-state index contributed by atoms with van der Waals surface area (Å²) in [4.78, 5) is 23.5. The Bertz CT molecular complexity index is 1620. The van der Waals surface area contributed by atoms with Crippen LogP contribution in [0.1, 0.15) is 108 Å². The Balaban J connectivity index is 0.000000360. The van der Waals surface area contributed by atoms with Gasteiger partial charge < -0.3 is 29.6 Å². The maximum atomic E-state index is 12.0. The van der Waals surface area contributed by atoms with Gasteiger partial charge in [0.2, 0.25) is 0 Å².